The Balaban J connectivity index is 0.000000206. The van der Waals surface area contributed by atoms with Crippen LogP contribution in [0.15, 0.2) is 178 Å². The van der Waals surface area contributed by atoms with Gasteiger partial charge in [-0.05, 0) is 90.7 Å². The molecule has 694 valence electrons. The number of carbonyl (C=O) groups excluding carboxylic acids is 3. The number of carbonyl (C=O) groups is 3. The van der Waals surface area contributed by atoms with Crippen molar-refractivity contribution >= 4 is 105 Å². The zero-order chi connectivity index (χ0) is 109. The number of nitriles is 1. The van der Waals surface area contributed by atoms with Gasteiger partial charge in [-0.1, -0.05) is 101 Å². The third-order valence-electron chi connectivity index (χ3n) is 17.1. The number of H-pyrrole nitrogens is 1. The SMILES string of the molecule is COc1c(-c2ncn[nH]2)ccnc1Cl.COc1c(C#N)ccnc1Cl.COc1c(C(N)=O)ccnc1Cl.COc1ccc(CN)cc1.[2H]C([2H])([2H])CC(=O)c1cnc(NC(=O)C2CC2)cc1Cl.[2H]C([2H])([2H])n1cnc(-c2ccnc(Cl)c2OC)n1.[2H]C([2H])([2H])n1cnc(-c2ccnc(Cl)c2OC)n1.[2H]C([2H])([2H])n1cnc(-c2ccnc(N)c2OC)n1.[2H]C([2H])([2H])n1cnc(-c2ccnc(NCc3ccc(OC)cc3)c2OC)n1. The maximum absolute atomic E-state index is 11.8. The highest BCUT2D eigenvalue weighted by atomic mass is 35.5. The summed E-state index contributed by atoms with van der Waals surface area (Å²) < 4.78 is 157. The highest BCUT2D eigenvalue weighted by Crippen LogP contribution is 2.38. The molecular formula is C86H91Cl6N29O12. The van der Waals surface area contributed by atoms with Crippen molar-refractivity contribution in [2.45, 2.75) is 39.2 Å². The summed E-state index contributed by atoms with van der Waals surface area (Å²) in [6.45, 7) is -10.7. The quantitative estimate of drug-likeness (QED) is 0.0256. The predicted molar refractivity (Wildman–Crippen MR) is 500 cm³/mol. The molecule has 0 aliphatic heterocycles. The van der Waals surface area contributed by atoms with E-state index in [9.17, 15) is 14.4 Å². The lowest BCUT2D eigenvalue weighted by Crippen LogP contribution is -2.14. The van der Waals surface area contributed by atoms with Crippen LogP contribution in [0.3, 0.4) is 0 Å². The molecule has 0 spiro atoms. The Morgan fingerprint density at radius 2 is 0.895 bits per heavy atom. The van der Waals surface area contributed by atoms with Gasteiger partial charge in [-0.3, -0.25) is 38.2 Å². The van der Waals surface area contributed by atoms with Crippen LogP contribution in [0.5, 0.6) is 51.7 Å². The molecule has 0 atom stereocenters. The number of anilines is 3. The lowest BCUT2D eigenvalue weighted by atomic mass is 10.1. The summed E-state index contributed by atoms with van der Waals surface area (Å²) in [5.74, 6) is 5.27. The Kier molecular flexibility index (Phi) is 32.5. The smallest absolute Gasteiger partial charge is 0.252 e. The number of nitrogens with one attached hydrogen (secondary N) is 3. The summed E-state index contributed by atoms with van der Waals surface area (Å²) >= 11 is 34.8. The molecule has 13 heterocycles. The molecule has 15 aromatic rings. The van der Waals surface area contributed by atoms with Gasteiger partial charge in [-0.2, -0.15) is 30.8 Å². The molecule has 0 radical (unpaired) electrons. The Labute approximate surface area is 814 Å². The standard InChI is InChI=1S/C17H19N5O2.C12H13ClN2O2.2C9H9ClN4O.C9H11N5O.C8H7ClN4O.C8H11NO.C7H7ClN2O2.C7H5ClN2O/c1-22-11-20-16(21-22)14-8-9-18-17(15(14)24-3)19-10-12-4-6-13(23-2)7-5-12;1-2-10(16)8-6-14-11(5-9(8)13)15-12(17)7-3-4-7;3*1-14-5-12-9(13-14)6-3-4-11-8(10)7(6)15-2;1-14-6-5(2-3-10-7(6)9)8-11-4-12-13-8;1-10-8-4-2-7(6-9)3-5-8;1-12-5-4(7(9)11)2-3-10-6(5)8;1-11-6-5(4-9)2-3-10-7(6)8/h4-9,11H,10H2,1-3H3,(H,18,19);5-7H,2-4H2,1H3,(H,14,15,17);2*3-5H,1-2H3;3-5H,1-2H3,(H2,10,11);2-4H,1H3,(H,11,12,13);2-5H,6,9H2,1H3;2-3H,1H3,(H2,9,11);2-3H,1H3/i5*1D3;;;;. The number of aryl methyl sites for hydroxylation is 4. The van der Waals surface area contributed by atoms with E-state index in [1.807, 2.05) is 54.6 Å². The molecule has 1 fully saturated rings. The average Bonchev–Trinajstić information content (AvgIpc) is 1.64. The zero-order valence-corrected chi connectivity index (χ0v) is 76.1. The van der Waals surface area contributed by atoms with Gasteiger partial charge in [0.15, 0.2) is 113 Å². The average molecular weight is 1950 g/mol. The minimum Gasteiger partial charge on any atom is -0.497 e. The van der Waals surface area contributed by atoms with Crippen LogP contribution in [0.25, 0.3) is 56.9 Å². The molecule has 1 aliphatic rings. The predicted octanol–water partition coefficient (Wildman–Crippen LogP) is 13.9. The van der Waals surface area contributed by atoms with Crippen molar-refractivity contribution in [3.63, 3.8) is 0 Å². The first-order valence-corrected chi connectivity index (χ1v) is 40.1. The van der Waals surface area contributed by atoms with Gasteiger partial charge in [-0.15, -0.1) is 0 Å². The van der Waals surface area contributed by atoms with Crippen molar-refractivity contribution in [1.29, 1.82) is 5.26 Å². The van der Waals surface area contributed by atoms with E-state index >= 15 is 0 Å². The van der Waals surface area contributed by atoms with Gasteiger partial charge < -0.3 is 70.5 Å². The van der Waals surface area contributed by atoms with Gasteiger partial charge in [0.25, 0.3) is 5.91 Å². The van der Waals surface area contributed by atoms with Crippen molar-refractivity contribution in [3.05, 3.63) is 237 Å². The van der Waals surface area contributed by atoms with E-state index in [1.54, 1.807) is 63.0 Å². The fourth-order valence-corrected chi connectivity index (χ4v) is 12.1. The van der Waals surface area contributed by atoms with Crippen LogP contribution >= 0.6 is 69.6 Å². The molecule has 0 saturated heterocycles. The molecule has 1 aliphatic carbocycles. The van der Waals surface area contributed by atoms with Gasteiger partial charge in [0.2, 0.25) is 5.91 Å². The van der Waals surface area contributed by atoms with E-state index in [-0.39, 0.29) is 89.3 Å². The van der Waals surface area contributed by atoms with E-state index in [0.717, 1.165) is 78.7 Å². The number of halogens is 6. The first-order chi connectivity index (χ1) is 70.1. The highest BCUT2D eigenvalue weighted by Gasteiger charge is 2.30. The molecule has 133 heavy (non-hydrogen) atoms. The first-order valence-electron chi connectivity index (χ1n) is 45.3. The van der Waals surface area contributed by atoms with E-state index in [1.165, 1.54) is 112 Å². The summed E-state index contributed by atoms with van der Waals surface area (Å²) in [5.41, 5.74) is 21.7. The van der Waals surface area contributed by atoms with Gasteiger partial charge in [0.05, 0.1) is 114 Å². The summed E-state index contributed by atoms with van der Waals surface area (Å²) in [6, 6.07) is 29.9. The number of benzene rings is 2. The van der Waals surface area contributed by atoms with Crippen LogP contribution in [0.1, 0.15) is 84.1 Å². The van der Waals surface area contributed by atoms with E-state index in [0.29, 0.717) is 92.2 Å². The third kappa shape index (κ3) is 30.0. The Morgan fingerprint density at radius 3 is 1.29 bits per heavy atom. The highest BCUT2D eigenvalue weighted by molar-refractivity contribution is 6.34. The molecule has 47 heteroatoms. The largest absolute Gasteiger partial charge is 0.497 e. The van der Waals surface area contributed by atoms with Crippen molar-refractivity contribution in [1.82, 2.24) is 114 Å². The molecule has 1 saturated carbocycles. The topological polar surface area (TPSA) is 528 Å². The Hall–Kier alpha value is -15.1. The second kappa shape index (κ2) is 52.6. The monoisotopic (exact) mass is 1950 g/mol. The number of amides is 2. The number of ether oxygens (including phenoxy) is 9. The van der Waals surface area contributed by atoms with Crippen LogP contribution in [-0.4, -0.2) is 196 Å². The van der Waals surface area contributed by atoms with Gasteiger partial charge in [-0.25, -0.2) is 64.8 Å². The second-order valence-corrected chi connectivity index (χ2v) is 27.7. The number of aromatic amines is 1. The number of pyridine rings is 8. The van der Waals surface area contributed by atoms with Crippen LogP contribution in [0.2, 0.25) is 30.8 Å². The second-order valence-electron chi connectivity index (χ2n) is 25.5. The summed E-state index contributed by atoms with van der Waals surface area (Å²) in [5, 5.41) is 37.6. The number of hydrogen-bond acceptors (Lipinski definition) is 34. The lowest BCUT2D eigenvalue weighted by Gasteiger charge is -2.13. The molecular weight excluding hydrogens is 1840 g/mol. The van der Waals surface area contributed by atoms with E-state index in [4.69, 9.17) is 155 Å². The van der Waals surface area contributed by atoms with Crippen molar-refractivity contribution in [2.24, 2.45) is 45.3 Å². The number of methoxy groups -OCH3 is 9. The summed E-state index contributed by atoms with van der Waals surface area (Å²) in [6.07, 6.45) is 18.8. The molecule has 13 aromatic heterocycles. The number of rotatable bonds is 23. The van der Waals surface area contributed by atoms with Gasteiger partial charge >= 0.3 is 0 Å². The normalized spacial score (nSPS) is 12.7. The number of ketones is 1. The van der Waals surface area contributed by atoms with E-state index < -0.39 is 52.9 Å². The number of Topliss-reactive ketones (excluding diaryl/α,β-unsaturated/α-hetero) is 1. The zero-order valence-electron chi connectivity index (χ0n) is 86.5. The number of primary amides is 1. The minimum atomic E-state index is -2.39. The van der Waals surface area contributed by atoms with E-state index in [2.05, 4.69) is 106 Å². The number of hydrogen-bond donors (Lipinski definition) is 6. The van der Waals surface area contributed by atoms with Gasteiger partial charge in [0.1, 0.15) is 55.0 Å². The molecule has 9 N–H and O–H groups in total. The fourth-order valence-electron chi connectivity index (χ4n) is 10.7. The number of aromatic nitrogens is 23. The van der Waals surface area contributed by atoms with Crippen LogP contribution < -0.4 is 70.5 Å². The molecule has 0 unspecified atom stereocenters. The summed E-state index contributed by atoms with van der Waals surface area (Å²) in [4.78, 5) is 85.2. The maximum atomic E-state index is 11.8. The van der Waals surface area contributed by atoms with Gasteiger partial charge in [0, 0.05) is 130 Å². The molecule has 0 bridgehead atoms. The van der Waals surface area contributed by atoms with Crippen LogP contribution in [0.4, 0.5) is 17.5 Å². The molecule has 16 rings (SSSR count). The van der Waals surface area contributed by atoms with Crippen molar-refractivity contribution < 1.29 is 77.6 Å². The number of nitrogens with zero attached hydrogens (tertiary/aromatic N) is 23. The third-order valence-corrected chi connectivity index (χ3v) is 18.7. The molecule has 41 nitrogen and oxygen atoms in total. The summed E-state index contributed by atoms with van der Waals surface area (Å²) in [7, 11) is 13.5. The lowest BCUT2D eigenvalue weighted by molar-refractivity contribution is -0.117. The van der Waals surface area contributed by atoms with Crippen LogP contribution in [-0.2, 0) is 45.8 Å². The first kappa shape index (κ1) is 82.4. The van der Waals surface area contributed by atoms with Crippen molar-refractivity contribution in [2.75, 3.05) is 80.4 Å². The Morgan fingerprint density at radius 1 is 0.481 bits per heavy atom. The molecule has 2 aromatic carbocycles. The number of nitrogens with two attached hydrogens (primary N) is 3. The fraction of sp³-hybridized carbons (Fsp3) is 0.233. The van der Waals surface area contributed by atoms with Crippen LogP contribution in [0, 0.1) is 17.2 Å². The maximum Gasteiger partial charge on any atom is 0.252 e. The minimum absolute atomic E-state index is 0.0347. The number of nitrogen functional groups attached to an aromatic ring is 1. The Bertz CT molecular complexity index is 6690. The van der Waals surface area contributed by atoms with Crippen molar-refractivity contribution in [3.8, 4) is 115 Å². The molecule has 2 amide bonds.